The first-order chi connectivity index (χ1) is 10.1. The second kappa shape index (κ2) is 5.37. The van der Waals surface area contributed by atoms with Crippen LogP contribution in [0.2, 0.25) is 0 Å². The number of ether oxygens (including phenoxy) is 1. The number of aromatic carboxylic acids is 1. The highest BCUT2D eigenvalue weighted by Gasteiger charge is 2.45. The SMILES string of the molecule is O=C(O)c1ccc(CN2CC3(CCNCC3)OC2=O)cc1. The van der Waals surface area contributed by atoms with Crippen molar-refractivity contribution in [3.63, 3.8) is 0 Å². The minimum atomic E-state index is -0.948. The maximum absolute atomic E-state index is 12.0. The molecule has 1 aromatic carbocycles. The highest BCUT2D eigenvalue weighted by Crippen LogP contribution is 2.31. The molecule has 0 atom stereocenters. The predicted octanol–water partition coefficient (Wildman–Crippen LogP) is 1.46. The topological polar surface area (TPSA) is 78.9 Å². The van der Waals surface area contributed by atoms with Crippen molar-refractivity contribution in [2.45, 2.75) is 25.0 Å². The van der Waals surface area contributed by atoms with Gasteiger partial charge in [-0.15, -0.1) is 0 Å². The molecule has 3 rings (SSSR count). The lowest BCUT2D eigenvalue weighted by Crippen LogP contribution is -2.44. The van der Waals surface area contributed by atoms with Crippen molar-refractivity contribution in [2.24, 2.45) is 0 Å². The molecule has 21 heavy (non-hydrogen) atoms. The lowest BCUT2D eigenvalue weighted by molar-refractivity contribution is 0.0316. The molecule has 0 bridgehead atoms. The van der Waals surface area contributed by atoms with Gasteiger partial charge in [0.25, 0.3) is 0 Å². The number of hydrogen-bond donors (Lipinski definition) is 2. The number of carboxylic acid groups (broad SMARTS) is 1. The Labute approximate surface area is 122 Å². The minimum absolute atomic E-state index is 0.248. The molecule has 2 heterocycles. The van der Waals surface area contributed by atoms with Gasteiger partial charge in [0.05, 0.1) is 12.1 Å². The first kappa shape index (κ1) is 13.9. The maximum Gasteiger partial charge on any atom is 0.410 e. The molecule has 1 amide bonds. The Kier molecular flexibility index (Phi) is 3.55. The van der Waals surface area contributed by atoms with E-state index in [0.29, 0.717) is 13.1 Å². The summed E-state index contributed by atoms with van der Waals surface area (Å²) in [6.07, 6.45) is 1.40. The fourth-order valence-electron chi connectivity index (χ4n) is 2.93. The van der Waals surface area contributed by atoms with E-state index in [2.05, 4.69) is 5.32 Å². The zero-order chi connectivity index (χ0) is 14.9. The number of nitrogens with one attached hydrogen (secondary N) is 1. The summed E-state index contributed by atoms with van der Waals surface area (Å²) in [5, 5.41) is 12.1. The van der Waals surface area contributed by atoms with Gasteiger partial charge in [-0.3, -0.25) is 4.90 Å². The van der Waals surface area contributed by atoms with Crippen LogP contribution in [-0.4, -0.2) is 47.3 Å². The highest BCUT2D eigenvalue weighted by molar-refractivity contribution is 5.87. The van der Waals surface area contributed by atoms with Crippen molar-refractivity contribution in [2.75, 3.05) is 19.6 Å². The molecule has 0 aromatic heterocycles. The molecule has 6 nitrogen and oxygen atoms in total. The molecular formula is C15H18N2O4. The highest BCUT2D eigenvalue weighted by atomic mass is 16.6. The molecular weight excluding hydrogens is 272 g/mol. The summed E-state index contributed by atoms with van der Waals surface area (Å²) in [6.45, 7) is 2.80. The minimum Gasteiger partial charge on any atom is -0.478 e. The number of benzene rings is 1. The van der Waals surface area contributed by atoms with E-state index in [1.54, 1.807) is 29.2 Å². The van der Waals surface area contributed by atoms with Crippen molar-refractivity contribution in [3.8, 4) is 0 Å². The summed E-state index contributed by atoms with van der Waals surface area (Å²) in [4.78, 5) is 24.5. The number of carbonyl (C=O) groups is 2. The van der Waals surface area contributed by atoms with E-state index in [4.69, 9.17) is 9.84 Å². The molecule has 1 aromatic rings. The van der Waals surface area contributed by atoms with Gasteiger partial charge in [0.2, 0.25) is 0 Å². The first-order valence-corrected chi connectivity index (χ1v) is 7.09. The Bertz CT molecular complexity index is 549. The summed E-state index contributed by atoms with van der Waals surface area (Å²) in [5.41, 5.74) is 0.809. The standard InChI is InChI=1S/C15H18N2O4/c18-13(19)12-3-1-11(2-4-12)9-17-10-15(21-14(17)20)5-7-16-8-6-15/h1-4,16H,5-10H2,(H,18,19). The van der Waals surface area contributed by atoms with E-state index < -0.39 is 5.97 Å². The lowest BCUT2D eigenvalue weighted by Gasteiger charge is -2.31. The zero-order valence-corrected chi connectivity index (χ0v) is 11.7. The summed E-state index contributed by atoms with van der Waals surface area (Å²) < 4.78 is 5.59. The van der Waals surface area contributed by atoms with E-state index >= 15 is 0 Å². The zero-order valence-electron chi connectivity index (χ0n) is 11.7. The Balaban J connectivity index is 1.67. The Hall–Kier alpha value is -2.08. The third kappa shape index (κ3) is 2.85. The molecule has 2 saturated heterocycles. The molecule has 2 aliphatic rings. The van der Waals surface area contributed by atoms with Gasteiger partial charge in [-0.25, -0.2) is 9.59 Å². The van der Waals surface area contributed by atoms with Crippen LogP contribution >= 0.6 is 0 Å². The average Bonchev–Trinajstić information content (AvgIpc) is 2.76. The number of rotatable bonds is 3. The largest absolute Gasteiger partial charge is 0.478 e. The van der Waals surface area contributed by atoms with Gasteiger partial charge in [-0.05, 0) is 30.8 Å². The molecule has 2 aliphatic heterocycles. The number of nitrogens with zero attached hydrogens (tertiary/aromatic N) is 1. The van der Waals surface area contributed by atoms with E-state index in [1.807, 2.05) is 0 Å². The van der Waals surface area contributed by atoms with Gasteiger partial charge in [0.15, 0.2) is 0 Å². The normalized spacial score (nSPS) is 20.6. The van der Waals surface area contributed by atoms with Crippen molar-refractivity contribution in [3.05, 3.63) is 35.4 Å². The van der Waals surface area contributed by atoms with Crippen LogP contribution in [0.3, 0.4) is 0 Å². The molecule has 0 saturated carbocycles. The number of piperidine rings is 1. The Morgan fingerprint density at radius 3 is 2.57 bits per heavy atom. The van der Waals surface area contributed by atoms with Gasteiger partial charge in [-0.1, -0.05) is 12.1 Å². The van der Waals surface area contributed by atoms with E-state index in [0.717, 1.165) is 31.5 Å². The third-order valence-corrected chi connectivity index (χ3v) is 4.13. The number of hydrogen-bond acceptors (Lipinski definition) is 4. The summed E-state index contributed by atoms with van der Waals surface area (Å²) >= 11 is 0. The van der Waals surface area contributed by atoms with Crippen LogP contribution in [-0.2, 0) is 11.3 Å². The summed E-state index contributed by atoms with van der Waals surface area (Å²) in [6, 6.07) is 6.59. The van der Waals surface area contributed by atoms with Crippen LogP contribution < -0.4 is 5.32 Å². The van der Waals surface area contributed by atoms with Crippen LogP contribution in [0.4, 0.5) is 4.79 Å². The molecule has 2 N–H and O–H groups in total. The number of carbonyl (C=O) groups excluding carboxylic acids is 1. The molecule has 0 radical (unpaired) electrons. The van der Waals surface area contributed by atoms with Crippen LogP contribution in [0.15, 0.2) is 24.3 Å². The lowest BCUT2D eigenvalue weighted by atomic mass is 9.92. The van der Waals surface area contributed by atoms with Crippen molar-refractivity contribution in [1.82, 2.24) is 10.2 Å². The van der Waals surface area contributed by atoms with E-state index in [-0.39, 0.29) is 17.3 Å². The first-order valence-electron chi connectivity index (χ1n) is 7.09. The third-order valence-electron chi connectivity index (χ3n) is 4.13. The summed E-state index contributed by atoms with van der Waals surface area (Å²) in [5.74, 6) is -0.948. The van der Waals surface area contributed by atoms with Crippen molar-refractivity contribution >= 4 is 12.1 Å². The van der Waals surface area contributed by atoms with Crippen LogP contribution in [0.25, 0.3) is 0 Å². The van der Waals surface area contributed by atoms with E-state index in [9.17, 15) is 9.59 Å². The maximum atomic E-state index is 12.0. The quantitative estimate of drug-likeness (QED) is 0.881. The smallest absolute Gasteiger partial charge is 0.410 e. The predicted molar refractivity (Wildman–Crippen MR) is 75.1 cm³/mol. The van der Waals surface area contributed by atoms with Gasteiger partial charge in [0.1, 0.15) is 5.60 Å². The van der Waals surface area contributed by atoms with Crippen molar-refractivity contribution in [1.29, 1.82) is 0 Å². The second-order valence-electron chi connectivity index (χ2n) is 5.66. The van der Waals surface area contributed by atoms with Gasteiger partial charge >= 0.3 is 12.1 Å². The van der Waals surface area contributed by atoms with Gasteiger partial charge in [0, 0.05) is 19.4 Å². The molecule has 2 fully saturated rings. The number of amides is 1. The molecule has 0 unspecified atom stereocenters. The molecule has 1 spiro atoms. The van der Waals surface area contributed by atoms with E-state index in [1.165, 1.54) is 0 Å². The molecule has 6 heteroatoms. The van der Waals surface area contributed by atoms with Gasteiger partial charge in [-0.2, -0.15) is 0 Å². The van der Waals surface area contributed by atoms with Crippen LogP contribution in [0.5, 0.6) is 0 Å². The van der Waals surface area contributed by atoms with Gasteiger partial charge < -0.3 is 15.2 Å². The number of carboxylic acids is 1. The Morgan fingerprint density at radius 1 is 1.29 bits per heavy atom. The van der Waals surface area contributed by atoms with Crippen LogP contribution in [0, 0.1) is 0 Å². The second-order valence-corrected chi connectivity index (χ2v) is 5.66. The average molecular weight is 290 g/mol. The van der Waals surface area contributed by atoms with Crippen LogP contribution in [0.1, 0.15) is 28.8 Å². The Morgan fingerprint density at radius 2 is 1.95 bits per heavy atom. The van der Waals surface area contributed by atoms with Crippen molar-refractivity contribution < 1.29 is 19.4 Å². The monoisotopic (exact) mass is 290 g/mol. The fraction of sp³-hybridized carbons (Fsp3) is 0.467. The molecule has 112 valence electrons. The fourth-order valence-corrected chi connectivity index (χ4v) is 2.93. The summed E-state index contributed by atoms with van der Waals surface area (Å²) in [7, 11) is 0. The molecule has 0 aliphatic carbocycles.